The molecule has 1 aromatic carbocycles. The molecule has 0 unspecified atom stereocenters. The van der Waals surface area contributed by atoms with Crippen molar-refractivity contribution in [3.05, 3.63) is 29.8 Å². The molecule has 1 spiro atoms. The van der Waals surface area contributed by atoms with Crippen LogP contribution in [0, 0.1) is 0 Å². The Morgan fingerprint density at radius 1 is 1.08 bits per heavy atom. The van der Waals surface area contributed by atoms with Crippen molar-refractivity contribution in [2.75, 3.05) is 31.6 Å². The SMILES string of the molecule is CC(C)c1ccc(NC(=O)C(=O)N2CCC3(CC2)OCCO3)cc1. The molecule has 6 nitrogen and oxygen atoms in total. The number of nitrogens with zero attached hydrogens (tertiary/aromatic N) is 1. The fourth-order valence-corrected chi connectivity index (χ4v) is 3.12. The van der Waals surface area contributed by atoms with Gasteiger partial charge in [0.05, 0.1) is 13.2 Å². The Bertz CT molecular complexity index is 596. The predicted octanol–water partition coefficient (Wildman–Crippen LogP) is 2.11. The first-order valence-electron chi connectivity index (χ1n) is 8.47. The normalized spacial score (nSPS) is 19.7. The second kappa shape index (κ2) is 6.91. The van der Waals surface area contributed by atoms with Crippen molar-refractivity contribution < 1.29 is 19.1 Å². The first-order chi connectivity index (χ1) is 11.5. The number of rotatable bonds is 2. The zero-order valence-corrected chi connectivity index (χ0v) is 14.2. The molecule has 2 aliphatic heterocycles. The van der Waals surface area contributed by atoms with Gasteiger partial charge < -0.3 is 19.7 Å². The van der Waals surface area contributed by atoms with Crippen molar-refractivity contribution in [3.8, 4) is 0 Å². The molecule has 0 atom stereocenters. The molecule has 1 N–H and O–H groups in total. The highest BCUT2D eigenvalue weighted by Gasteiger charge is 2.41. The Kier molecular flexibility index (Phi) is 4.87. The van der Waals surface area contributed by atoms with Gasteiger partial charge in [-0.2, -0.15) is 0 Å². The van der Waals surface area contributed by atoms with E-state index in [-0.39, 0.29) is 0 Å². The zero-order valence-electron chi connectivity index (χ0n) is 14.2. The zero-order chi connectivity index (χ0) is 17.2. The van der Waals surface area contributed by atoms with Gasteiger partial charge in [-0.25, -0.2) is 0 Å². The average Bonchev–Trinajstić information content (AvgIpc) is 3.03. The summed E-state index contributed by atoms with van der Waals surface area (Å²) >= 11 is 0. The lowest BCUT2D eigenvalue weighted by atomic mass is 10.0. The van der Waals surface area contributed by atoms with Crippen LogP contribution in [0.1, 0.15) is 38.2 Å². The van der Waals surface area contributed by atoms with Crippen LogP contribution in [-0.4, -0.2) is 48.8 Å². The summed E-state index contributed by atoms with van der Waals surface area (Å²) in [4.78, 5) is 26.1. The minimum absolute atomic E-state index is 0.428. The molecule has 2 saturated heterocycles. The molecule has 2 fully saturated rings. The number of anilines is 1. The van der Waals surface area contributed by atoms with Crippen molar-refractivity contribution in [3.63, 3.8) is 0 Å². The summed E-state index contributed by atoms with van der Waals surface area (Å²) in [5.74, 6) is -1.22. The van der Waals surface area contributed by atoms with E-state index in [1.807, 2.05) is 24.3 Å². The molecule has 24 heavy (non-hydrogen) atoms. The lowest BCUT2D eigenvalue weighted by Gasteiger charge is -2.37. The summed E-state index contributed by atoms with van der Waals surface area (Å²) in [6, 6.07) is 7.58. The lowest BCUT2D eigenvalue weighted by Crippen LogP contribution is -2.50. The lowest BCUT2D eigenvalue weighted by molar-refractivity contribution is -0.187. The van der Waals surface area contributed by atoms with Crippen LogP contribution >= 0.6 is 0 Å². The minimum atomic E-state index is -0.600. The number of amides is 2. The summed E-state index contributed by atoms with van der Waals surface area (Å²) in [5, 5.41) is 2.67. The number of carbonyl (C=O) groups excluding carboxylic acids is 2. The van der Waals surface area contributed by atoms with Gasteiger partial charge in [0, 0.05) is 31.6 Å². The standard InChI is InChI=1S/C18H24N2O4/c1-13(2)14-3-5-15(6-4-14)19-16(21)17(22)20-9-7-18(8-10-20)23-11-12-24-18/h3-6,13H,7-12H2,1-2H3,(H,19,21). The van der Waals surface area contributed by atoms with Crippen LogP contribution in [0.4, 0.5) is 5.69 Å². The molecular formula is C18H24N2O4. The molecule has 0 aliphatic carbocycles. The maximum absolute atomic E-state index is 12.3. The monoisotopic (exact) mass is 332 g/mol. The van der Waals surface area contributed by atoms with Gasteiger partial charge in [-0.1, -0.05) is 26.0 Å². The number of piperidine rings is 1. The quantitative estimate of drug-likeness (QED) is 0.842. The first kappa shape index (κ1) is 16.9. The predicted molar refractivity (Wildman–Crippen MR) is 89.6 cm³/mol. The van der Waals surface area contributed by atoms with Crippen LogP contribution in [0.2, 0.25) is 0 Å². The molecular weight excluding hydrogens is 308 g/mol. The Morgan fingerprint density at radius 2 is 1.67 bits per heavy atom. The maximum atomic E-state index is 12.3. The van der Waals surface area contributed by atoms with E-state index in [2.05, 4.69) is 19.2 Å². The molecule has 2 amide bonds. The van der Waals surface area contributed by atoms with Gasteiger partial charge in [0.1, 0.15) is 0 Å². The van der Waals surface area contributed by atoms with Gasteiger partial charge in [0.25, 0.3) is 0 Å². The smallest absolute Gasteiger partial charge is 0.313 e. The van der Waals surface area contributed by atoms with Crippen LogP contribution in [0.15, 0.2) is 24.3 Å². The molecule has 1 aromatic rings. The molecule has 0 bridgehead atoms. The van der Waals surface area contributed by atoms with Crippen molar-refractivity contribution >= 4 is 17.5 Å². The van der Waals surface area contributed by atoms with Gasteiger partial charge in [-0.05, 0) is 23.6 Å². The second-order valence-electron chi connectivity index (χ2n) is 6.63. The molecule has 2 aliphatic rings. The van der Waals surface area contributed by atoms with Gasteiger partial charge in [-0.3, -0.25) is 9.59 Å². The van der Waals surface area contributed by atoms with Crippen LogP contribution in [0.5, 0.6) is 0 Å². The van der Waals surface area contributed by atoms with E-state index in [1.54, 1.807) is 4.90 Å². The van der Waals surface area contributed by atoms with Crippen molar-refractivity contribution in [1.29, 1.82) is 0 Å². The number of likely N-dealkylation sites (tertiary alicyclic amines) is 1. The number of carbonyl (C=O) groups is 2. The minimum Gasteiger partial charge on any atom is -0.347 e. The summed E-state index contributed by atoms with van der Waals surface area (Å²) in [6.07, 6.45) is 1.21. The Morgan fingerprint density at radius 3 is 2.21 bits per heavy atom. The molecule has 2 heterocycles. The first-order valence-corrected chi connectivity index (χ1v) is 8.47. The van der Waals surface area contributed by atoms with Gasteiger partial charge >= 0.3 is 11.8 Å². The average molecular weight is 332 g/mol. The van der Waals surface area contributed by atoms with E-state index in [0.29, 0.717) is 50.8 Å². The highest BCUT2D eigenvalue weighted by molar-refractivity contribution is 6.39. The number of ether oxygens (including phenoxy) is 2. The summed E-state index contributed by atoms with van der Waals surface area (Å²) in [5.41, 5.74) is 1.82. The molecule has 3 rings (SSSR count). The second-order valence-corrected chi connectivity index (χ2v) is 6.63. The fourth-order valence-electron chi connectivity index (χ4n) is 3.12. The van der Waals surface area contributed by atoms with Crippen LogP contribution in [-0.2, 0) is 19.1 Å². The third-order valence-electron chi connectivity index (χ3n) is 4.66. The fraction of sp³-hybridized carbons (Fsp3) is 0.556. The van der Waals surface area contributed by atoms with Crippen LogP contribution in [0.3, 0.4) is 0 Å². The molecule has 0 radical (unpaired) electrons. The van der Waals surface area contributed by atoms with Crippen molar-refractivity contribution in [1.82, 2.24) is 4.90 Å². The van der Waals surface area contributed by atoms with E-state index in [1.165, 1.54) is 5.56 Å². The number of nitrogens with one attached hydrogen (secondary N) is 1. The highest BCUT2D eigenvalue weighted by Crippen LogP contribution is 2.31. The third kappa shape index (κ3) is 3.60. The van der Waals surface area contributed by atoms with E-state index in [4.69, 9.17) is 9.47 Å². The molecule has 130 valence electrons. The summed E-state index contributed by atoms with van der Waals surface area (Å²) in [7, 11) is 0. The highest BCUT2D eigenvalue weighted by atomic mass is 16.7. The van der Waals surface area contributed by atoms with Crippen LogP contribution in [0.25, 0.3) is 0 Å². The van der Waals surface area contributed by atoms with Gasteiger partial charge in [0.15, 0.2) is 5.79 Å². The number of benzene rings is 1. The van der Waals surface area contributed by atoms with E-state index in [0.717, 1.165) is 0 Å². The maximum Gasteiger partial charge on any atom is 0.313 e. The third-order valence-corrected chi connectivity index (χ3v) is 4.66. The Balaban J connectivity index is 1.54. The Labute approximate surface area is 142 Å². The van der Waals surface area contributed by atoms with E-state index in [9.17, 15) is 9.59 Å². The van der Waals surface area contributed by atoms with Crippen molar-refractivity contribution in [2.45, 2.75) is 38.4 Å². The largest absolute Gasteiger partial charge is 0.347 e. The number of hydrogen-bond acceptors (Lipinski definition) is 4. The van der Waals surface area contributed by atoms with Gasteiger partial charge in [-0.15, -0.1) is 0 Å². The molecule has 0 saturated carbocycles. The van der Waals surface area contributed by atoms with Crippen molar-refractivity contribution in [2.24, 2.45) is 0 Å². The van der Waals surface area contributed by atoms with E-state index >= 15 is 0 Å². The van der Waals surface area contributed by atoms with Crippen LogP contribution < -0.4 is 5.32 Å². The number of hydrogen-bond donors (Lipinski definition) is 1. The topological polar surface area (TPSA) is 67.9 Å². The summed E-state index contributed by atoms with van der Waals surface area (Å²) < 4.78 is 11.3. The van der Waals surface area contributed by atoms with E-state index < -0.39 is 17.6 Å². The molecule has 6 heteroatoms. The Hall–Kier alpha value is -1.92. The summed E-state index contributed by atoms with van der Waals surface area (Å²) in [6.45, 7) is 6.36. The molecule has 0 aromatic heterocycles. The van der Waals surface area contributed by atoms with Gasteiger partial charge in [0.2, 0.25) is 0 Å².